The molecule has 1 aliphatic carbocycles. The highest BCUT2D eigenvalue weighted by Gasteiger charge is 2.09. The summed E-state index contributed by atoms with van der Waals surface area (Å²) in [5.74, 6) is 0. The van der Waals surface area contributed by atoms with Gasteiger partial charge in [-0.05, 0) is 42.2 Å². The van der Waals surface area contributed by atoms with E-state index in [-0.39, 0.29) is 0 Å². The van der Waals surface area contributed by atoms with Gasteiger partial charge in [0.2, 0.25) is 0 Å². The van der Waals surface area contributed by atoms with Gasteiger partial charge < -0.3 is 0 Å². The first kappa shape index (κ1) is 9.01. The quantitative estimate of drug-likeness (QED) is 0.616. The van der Waals surface area contributed by atoms with Crippen LogP contribution < -0.4 is 0 Å². The van der Waals surface area contributed by atoms with Crippen LogP contribution in [-0.2, 0) is 0 Å². The van der Waals surface area contributed by atoms with E-state index in [1.54, 1.807) is 0 Å². The largest absolute Gasteiger partial charge is 0.0804 e. The van der Waals surface area contributed by atoms with Gasteiger partial charge in [0.25, 0.3) is 0 Å². The molecule has 14 heavy (non-hydrogen) atoms. The second-order valence-electron chi connectivity index (χ2n) is 3.54. The molecular weight excluding hydrogens is 168 g/mol. The first-order valence-electron chi connectivity index (χ1n) is 4.93. The molecule has 0 aliphatic heterocycles. The Labute approximate surface area is 85.3 Å². The van der Waals surface area contributed by atoms with Crippen LogP contribution >= 0.6 is 0 Å². The minimum absolute atomic E-state index is 1.30. The smallest absolute Gasteiger partial charge is 0.0149 e. The first-order valence-corrected chi connectivity index (χ1v) is 4.93. The van der Waals surface area contributed by atoms with Crippen molar-refractivity contribution in [1.82, 2.24) is 0 Å². The topological polar surface area (TPSA) is 0 Å². The van der Waals surface area contributed by atoms with Crippen molar-refractivity contribution in [3.05, 3.63) is 65.3 Å². The molecular formula is C14H14. The summed E-state index contributed by atoms with van der Waals surface area (Å²) < 4.78 is 0. The third kappa shape index (κ3) is 1.56. The van der Waals surface area contributed by atoms with Crippen LogP contribution in [0.1, 0.15) is 19.4 Å². The third-order valence-electron chi connectivity index (χ3n) is 2.54. The number of allylic oxidation sites excluding steroid dienone is 6. The van der Waals surface area contributed by atoms with Crippen molar-refractivity contribution in [3.8, 4) is 0 Å². The molecule has 1 aromatic rings. The molecule has 0 aromatic heterocycles. The zero-order chi connectivity index (χ0) is 9.97. The van der Waals surface area contributed by atoms with Crippen LogP contribution in [0.5, 0.6) is 0 Å². The summed E-state index contributed by atoms with van der Waals surface area (Å²) in [6, 6.07) is 10.5. The molecule has 1 aromatic carbocycles. The summed E-state index contributed by atoms with van der Waals surface area (Å²) in [4.78, 5) is 0. The van der Waals surface area contributed by atoms with E-state index in [0.717, 1.165) is 0 Å². The van der Waals surface area contributed by atoms with Gasteiger partial charge in [0.15, 0.2) is 0 Å². The first-order chi connectivity index (χ1) is 6.81. The Morgan fingerprint density at radius 1 is 1.00 bits per heavy atom. The van der Waals surface area contributed by atoms with E-state index in [9.17, 15) is 0 Å². The van der Waals surface area contributed by atoms with Gasteiger partial charge in [-0.1, -0.05) is 42.5 Å². The molecule has 0 spiro atoms. The molecule has 0 radical (unpaired) electrons. The molecule has 0 nitrogen and oxygen atoms in total. The Kier molecular flexibility index (Phi) is 2.36. The summed E-state index contributed by atoms with van der Waals surface area (Å²) >= 11 is 0. The van der Waals surface area contributed by atoms with Gasteiger partial charge in [-0.3, -0.25) is 0 Å². The second-order valence-corrected chi connectivity index (χ2v) is 3.54. The molecule has 1 aliphatic rings. The Balaban J connectivity index is 2.44. The average Bonchev–Trinajstić information content (AvgIpc) is 2.61. The maximum Gasteiger partial charge on any atom is -0.0149 e. The molecule has 0 N–H and O–H groups in total. The van der Waals surface area contributed by atoms with Gasteiger partial charge in [0.1, 0.15) is 0 Å². The fourth-order valence-electron chi connectivity index (χ4n) is 1.75. The van der Waals surface area contributed by atoms with Gasteiger partial charge in [0.05, 0.1) is 0 Å². The standard InChI is InChI=1S/C14H14/c1-3-12-9-11(2)14(10-12)13-7-5-4-6-8-13/h3-10H,1-2H3. The molecule has 0 saturated carbocycles. The lowest BCUT2D eigenvalue weighted by Crippen LogP contribution is -1.81. The summed E-state index contributed by atoms with van der Waals surface area (Å²) in [5.41, 5.74) is 5.31. The lowest BCUT2D eigenvalue weighted by molar-refractivity contribution is 1.52. The SMILES string of the molecule is CC=C1C=C(C)C(c2ccccc2)=C1. The lowest BCUT2D eigenvalue weighted by atomic mass is 10.0. The fraction of sp³-hybridized carbons (Fsp3) is 0.143. The Morgan fingerprint density at radius 2 is 1.71 bits per heavy atom. The van der Waals surface area contributed by atoms with Crippen LogP contribution in [-0.4, -0.2) is 0 Å². The van der Waals surface area contributed by atoms with Crippen LogP contribution in [0, 0.1) is 0 Å². The van der Waals surface area contributed by atoms with Gasteiger partial charge in [-0.2, -0.15) is 0 Å². The predicted molar refractivity (Wildman–Crippen MR) is 61.9 cm³/mol. The summed E-state index contributed by atoms with van der Waals surface area (Å²) in [5, 5.41) is 0. The van der Waals surface area contributed by atoms with E-state index in [4.69, 9.17) is 0 Å². The molecule has 0 atom stereocenters. The van der Waals surface area contributed by atoms with E-state index >= 15 is 0 Å². The maximum absolute atomic E-state index is 2.24. The number of hydrogen-bond acceptors (Lipinski definition) is 0. The molecule has 0 fully saturated rings. The van der Waals surface area contributed by atoms with Crippen LogP contribution in [0.15, 0.2) is 59.7 Å². The van der Waals surface area contributed by atoms with Crippen LogP contribution in [0.25, 0.3) is 5.57 Å². The van der Waals surface area contributed by atoms with E-state index in [2.05, 4.69) is 62.4 Å². The molecule has 70 valence electrons. The number of benzene rings is 1. The minimum atomic E-state index is 1.30. The van der Waals surface area contributed by atoms with E-state index in [1.165, 1.54) is 22.3 Å². The highest BCUT2D eigenvalue weighted by Crippen LogP contribution is 2.30. The second kappa shape index (κ2) is 3.67. The molecule has 2 rings (SSSR count). The highest BCUT2D eigenvalue weighted by atomic mass is 14.1. The van der Waals surface area contributed by atoms with Gasteiger partial charge in [-0.25, -0.2) is 0 Å². The van der Waals surface area contributed by atoms with Crippen molar-refractivity contribution in [2.24, 2.45) is 0 Å². The van der Waals surface area contributed by atoms with Crippen LogP contribution in [0.4, 0.5) is 0 Å². The van der Waals surface area contributed by atoms with Crippen molar-refractivity contribution in [1.29, 1.82) is 0 Å². The molecule has 0 amide bonds. The Morgan fingerprint density at radius 3 is 2.29 bits per heavy atom. The molecule has 0 heterocycles. The van der Waals surface area contributed by atoms with Gasteiger partial charge in [-0.15, -0.1) is 0 Å². The van der Waals surface area contributed by atoms with Gasteiger partial charge in [0, 0.05) is 0 Å². The van der Waals surface area contributed by atoms with Crippen molar-refractivity contribution in [3.63, 3.8) is 0 Å². The molecule has 0 heteroatoms. The maximum atomic E-state index is 2.24. The average molecular weight is 182 g/mol. The fourth-order valence-corrected chi connectivity index (χ4v) is 1.75. The highest BCUT2D eigenvalue weighted by molar-refractivity contribution is 5.85. The van der Waals surface area contributed by atoms with E-state index in [0.29, 0.717) is 0 Å². The van der Waals surface area contributed by atoms with E-state index < -0.39 is 0 Å². The zero-order valence-corrected chi connectivity index (χ0v) is 8.62. The van der Waals surface area contributed by atoms with Crippen molar-refractivity contribution >= 4 is 5.57 Å². The minimum Gasteiger partial charge on any atom is -0.0804 e. The van der Waals surface area contributed by atoms with E-state index in [1.807, 2.05) is 0 Å². The Bertz CT molecular complexity index is 417. The lowest BCUT2D eigenvalue weighted by Gasteiger charge is -2.02. The molecule has 0 unspecified atom stereocenters. The summed E-state index contributed by atoms with van der Waals surface area (Å²) in [7, 11) is 0. The third-order valence-corrected chi connectivity index (χ3v) is 2.54. The van der Waals surface area contributed by atoms with Crippen LogP contribution in [0.3, 0.4) is 0 Å². The molecule has 0 bridgehead atoms. The summed E-state index contributed by atoms with van der Waals surface area (Å²) in [6.45, 7) is 4.24. The zero-order valence-electron chi connectivity index (χ0n) is 8.62. The summed E-state index contributed by atoms with van der Waals surface area (Å²) in [6.07, 6.45) is 6.60. The van der Waals surface area contributed by atoms with Crippen molar-refractivity contribution in [2.45, 2.75) is 13.8 Å². The molecule has 0 saturated heterocycles. The number of hydrogen-bond donors (Lipinski definition) is 0. The van der Waals surface area contributed by atoms with Crippen molar-refractivity contribution in [2.75, 3.05) is 0 Å². The monoisotopic (exact) mass is 182 g/mol. The predicted octanol–water partition coefficient (Wildman–Crippen LogP) is 3.98. The Hall–Kier alpha value is -1.56. The normalized spacial score (nSPS) is 18.3. The van der Waals surface area contributed by atoms with Crippen molar-refractivity contribution < 1.29 is 0 Å². The van der Waals surface area contributed by atoms with Gasteiger partial charge >= 0.3 is 0 Å². The van der Waals surface area contributed by atoms with Crippen LogP contribution in [0.2, 0.25) is 0 Å². The number of rotatable bonds is 1.